The molecule has 1 fully saturated rings. The molecule has 1 N–H and O–H groups in total. The number of ether oxygens (including phenoxy) is 1. The van der Waals surface area contributed by atoms with E-state index in [1.54, 1.807) is 7.11 Å². The van der Waals surface area contributed by atoms with Crippen molar-refractivity contribution >= 4 is 5.97 Å². The summed E-state index contributed by atoms with van der Waals surface area (Å²) in [6, 6.07) is -0.0915. The molecule has 1 saturated heterocycles. The summed E-state index contributed by atoms with van der Waals surface area (Å²) in [6.07, 6.45) is 2.20. The molecule has 0 spiro atoms. The summed E-state index contributed by atoms with van der Waals surface area (Å²) in [7, 11) is 1.55. The molecule has 0 bridgehead atoms. The maximum absolute atomic E-state index is 11.1. The van der Waals surface area contributed by atoms with Crippen LogP contribution >= 0.6 is 0 Å². The van der Waals surface area contributed by atoms with E-state index in [4.69, 9.17) is 9.84 Å². The lowest BCUT2D eigenvalue weighted by atomic mass is 10.0. The Bertz CT molecular complexity index is 218. The molecular weight excluding hydrogens is 194 g/mol. The molecule has 0 aliphatic carbocycles. The summed E-state index contributed by atoms with van der Waals surface area (Å²) in [5, 5.41) is 9.14. The fourth-order valence-electron chi connectivity index (χ4n) is 2.38. The first-order chi connectivity index (χ1) is 7.07. The topological polar surface area (TPSA) is 49.8 Å². The van der Waals surface area contributed by atoms with E-state index in [9.17, 15) is 4.79 Å². The average molecular weight is 215 g/mol. The monoisotopic (exact) mass is 215 g/mol. The van der Waals surface area contributed by atoms with Crippen molar-refractivity contribution in [2.45, 2.75) is 38.8 Å². The van der Waals surface area contributed by atoms with Crippen molar-refractivity contribution in [1.29, 1.82) is 0 Å². The SMILES string of the molecule is COCC(C(=O)O)N1CCCC1C(C)C. The average Bonchev–Trinajstić information content (AvgIpc) is 2.61. The maximum Gasteiger partial charge on any atom is 0.323 e. The van der Waals surface area contributed by atoms with Gasteiger partial charge in [0, 0.05) is 13.2 Å². The van der Waals surface area contributed by atoms with Gasteiger partial charge in [0.05, 0.1) is 6.61 Å². The van der Waals surface area contributed by atoms with Gasteiger partial charge in [-0.15, -0.1) is 0 Å². The smallest absolute Gasteiger partial charge is 0.323 e. The van der Waals surface area contributed by atoms with Gasteiger partial charge in [-0.3, -0.25) is 9.69 Å². The van der Waals surface area contributed by atoms with Crippen molar-refractivity contribution in [3.63, 3.8) is 0 Å². The third kappa shape index (κ3) is 2.92. The van der Waals surface area contributed by atoms with Crippen LogP contribution in [-0.4, -0.2) is 48.3 Å². The van der Waals surface area contributed by atoms with Crippen LogP contribution in [0.1, 0.15) is 26.7 Å². The lowest BCUT2D eigenvalue weighted by molar-refractivity contribution is -0.146. The number of hydrogen-bond donors (Lipinski definition) is 1. The Hall–Kier alpha value is -0.610. The van der Waals surface area contributed by atoms with Crippen LogP contribution in [-0.2, 0) is 9.53 Å². The third-order valence-electron chi connectivity index (χ3n) is 3.12. The van der Waals surface area contributed by atoms with E-state index in [1.807, 2.05) is 0 Å². The van der Waals surface area contributed by atoms with E-state index >= 15 is 0 Å². The van der Waals surface area contributed by atoms with Crippen LogP contribution in [0.2, 0.25) is 0 Å². The summed E-state index contributed by atoms with van der Waals surface area (Å²) in [4.78, 5) is 13.2. The van der Waals surface area contributed by atoms with Crippen LogP contribution in [0.3, 0.4) is 0 Å². The van der Waals surface area contributed by atoms with Crippen molar-refractivity contribution in [1.82, 2.24) is 4.90 Å². The molecule has 1 aliphatic heterocycles. The molecule has 0 aromatic rings. The Morgan fingerprint density at radius 1 is 1.60 bits per heavy atom. The first-order valence-electron chi connectivity index (χ1n) is 5.55. The molecule has 1 heterocycles. The van der Waals surface area contributed by atoms with Gasteiger partial charge in [-0.25, -0.2) is 0 Å². The minimum absolute atomic E-state index is 0.276. The van der Waals surface area contributed by atoms with Crippen LogP contribution in [0.5, 0.6) is 0 Å². The molecule has 0 radical (unpaired) electrons. The molecular formula is C11H21NO3. The third-order valence-corrected chi connectivity index (χ3v) is 3.12. The molecule has 2 atom stereocenters. The normalized spacial score (nSPS) is 24.7. The summed E-state index contributed by atoms with van der Waals surface area (Å²) in [5.74, 6) is -0.268. The molecule has 2 unspecified atom stereocenters. The van der Waals surface area contributed by atoms with Crippen molar-refractivity contribution < 1.29 is 14.6 Å². The van der Waals surface area contributed by atoms with Crippen LogP contribution in [0.15, 0.2) is 0 Å². The Morgan fingerprint density at radius 2 is 2.27 bits per heavy atom. The molecule has 0 aromatic carbocycles. The van der Waals surface area contributed by atoms with Crippen molar-refractivity contribution in [3.05, 3.63) is 0 Å². The van der Waals surface area contributed by atoms with Gasteiger partial charge in [0.15, 0.2) is 0 Å². The lowest BCUT2D eigenvalue weighted by Crippen LogP contribution is -2.48. The molecule has 0 saturated carbocycles. The van der Waals surface area contributed by atoms with E-state index in [-0.39, 0.29) is 6.61 Å². The molecule has 0 aromatic heterocycles. The van der Waals surface area contributed by atoms with Crippen molar-refractivity contribution in [2.75, 3.05) is 20.3 Å². The predicted octanol–water partition coefficient (Wildman–Crippen LogP) is 1.21. The maximum atomic E-state index is 11.1. The molecule has 1 aliphatic rings. The number of nitrogens with zero attached hydrogens (tertiary/aromatic N) is 1. The minimum Gasteiger partial charge on any atom is -0.480 e. The number of carboxylic acid groups (broad SMARTS) is 1. The predicted molar refractivity (Wildman–Crippen MR) is 57.9 cm³/mol. The highest BCUT2D eigenvalue weighted by atomic mass is 16.5. The molecule has 88 valence electrons. The van der Waals surface area contributed by atoms with Gasteiger partial charge < -0.3 is 9.84 Å². The first kappa shape index (κ1) is 12.5. The van der Waals surface area contributed by atoms with Crippen molar-refractivity contribution in [2.24, 2.45) is 5.92 Å². The fraction of sp³-hybridized carbons (Fsp3) is 0.909. The van der Waals surface area contributed by atoms with Gasteiger partial charge in [-0.2, -0.15) is 0 Å². The zero-order valence-electron chi connectivity index (χ0n) is 9.77. The first-order valence-corrected chi connectivity index (χ1v) is 5.55. The van der Waals surface area contributed by atoms with Crippen LogP contribution in [0, 0.1) is 5.92 Å². The second-order valence-corrected chi connectivity index (χ2v) is 4.50. The largest absolute Gasteiger partial charge is 0.480 e. The summed E-state index contributed by atoms with van der Waals surface area (Å²) in [6.45, 7) is 5.45. The number of hydrogen-bond acceptors (Lipinski definition) is 3. The van der Waals surface area contributed by atoms with Gasteiger partial charge in [-0.05, 0) is 25.3 Å². The zero-order chi connectivity index (χ0) is 11.4. The van der Waals surface area contributed by atoms with Gasteiger partial charge in [0.25, 0.3) is 0 Å². The highest BCUT2D eigenvalue weighted by molar-refractivity contribution is 5.73. The van der Waals surface area contributed by atoms with Gasteiger partial charge in [0.1, 0.15) is 6.04 Å². The number of carbonyl (C=O) groups is 1. The number of carboxylic acids is 1. The summed E-state index contributed by atoms with van der Waals surface area (Å²) in [5.41, 5.74) is 0. The summed E-state index contributed by atoms with van der Waals surface area (Å²) >= 11 is 0. The molecule has 4 heteroatoms. The van der Waals surface area contributed by atoms with E-state index < -0.39 is 12.0 Å². The quantitative estimate of drug-likeness (QED) is 0.749. The fourth-order valence-corrected chi connectivity index (χ4v) is 2.38. The Kier molecular flexibility index (Phi) is 4.54. The Labute approximate surface area is 91.2 Å². The molecule has 15 heavy (non-hydrogen) atoms. The number of likely N-dealkylation sites (tertiary alicyclic amines) is 1. The number of methoxy groups -OCH3 is 1. The van der Waals surface area contributed by atoms with Gasteiger partial charge >= 0.3 is 5.97 Å². The van der Waals surface area contributed by atoms with E-state index in [0.717, 1.165) is 19.4 Å². The molecule has 1 rings (SSSR count). The number of rotatable bonds is 5. The zero-order valence-corrected chi connectivity index (χ0v) is 9.77. The van der Waals surface area contributed by atoms with Crippen LogP contribution in [0.4, 0.5) is 0 Å². The van der Waals surface area contributed by atoms with Crippen LogP contribution in [0.25, 0.3) is 0 Å². The standard InChI is InChI=1S/C11H21NO3/c1-8(2)9-5-4-6-12(9)10(7-15-3)11(13)14/h8-10H,4-7H2,1-3H3,(H,13,14). The Morgan fingerprint density at radius 3 is 2.73 bits per heavy atom. The van der Waals surface area contributed by atoms with Gasteiger partial charge in [0.2, 0.25) is 0 Å². The van der Waals surface area contributed by atoms with Crippen LogP contribution < -0.4 is 0 Å². The highest BCUT2D eigenvalue weighted by Gasteiger charge is 2.35. The molecule has 0 amide bonds. The Balaban J connectivity index is 2.69. The van der Waals surface area contributed by atoms with E-state index in [1.165, 1.54) is 0 Å². The van der Waals surface area contributed by atoms with Crippen molar-refractivity contribution in [3.8, 4) is 0 Å². The second-order valence-electron chi connectivity index (χ2n) is 4.50. The lowest BCUT2D eigenvalue weighted by Gasteiger charge is -2.32. The van der Waals surface area contributed by atoms with E-state index in [0.29, 0.717) is 12.0 Å². The summed E-state index contributed by atoms with van der Waals surface area (Å²) < 4.78 is 4.98. The number of aliphatic carboxylic acids is 1. The van der Waals surface area contributed by atoms with Gasteiger partial charge in [-0.1, -0.05) is 13.8 Å². The highest BCUT2D eigenvalue weighted by Crippen LogP contribution is 2.26. The second kappa shape index (κ2) is 5.47. The molecule has 4 nitrogen and oxygen atoms in total. The van der Waals surface area contributed by atoms with E-state index in [2.05, 4.69) is 18.7 Å². The minimum atomic E-state index is -0.774.